The third-order valence-electron chi connectivity index (χ3n) is 3.02. The van der Waals surface area contributed by atoms with E-state index < -0.39 is 10.0 Å². The van der Waals surface area contributed by atoms with Crippen LogP contribution in [0.4, 0.5) is 0 Å². The number of aliphatic hydroxyl groups is 1. The standard InChI is InChI=1S/C14H17NO3S2/c1-11-3-5-12(6-4-11)8-15(2)20(17,18)14-7-13(9-16)19-10-14/h3-7,10,16H,8-9H2,1-2H3. The quantitative estimate of drug-likeness (QED) is 0.922. The van der Waals surface area contributed by atoms with Crippen molar-refractivity contribution < 1.29 is 13.5 Å². The van der Waals surface area contributed by atoms with E-state index in [1.54, 1.807) is 12.4 Å². The van der Waals surface area contributed by atoms with Crippen LogP contribution in [0.5, 0.6) is 0 Å². The zero-order valence-corrected chi connectivity index (χ0v) is 13.0. The van der Waals surface area contributed by atoms with Crippen LogP contribution in [0, 0.1) is 6.92 Å². The summed E-state index contributed by atoms with van der Waals surface area (Å²) < 4.78 is 26.1. The highest BCUT2D eigenvalue weighted by molar-refractivity contribution is 7.89. The SMILES string of the molecule is Cc1ccc(CN(C)S(=O)(=O)c2csc(CO)c2)cc1. The highest BCUT2D eigenvalue weighted by atomic mass is 32.2. The number of hydrogen-bond acceptors (Lipinski definition) is 4. The van der Waals surface area contributed by atoms with Crippen LogP contribution in [0.15, 0.2) is 40.6 Å². The molecular formula is C14H17NO3S2. The van der Waals surface area contributed by atoms with E-state index in [-0.39, 0.29) is 11.5 Å². The molecule has 0 saturated carbocycles. The van der Waals surface area contributed by atoms with Gasteiger partial charge in [-0.15, -0.1) is 11.3 Å². The van der Waals surface area contributed by atoms with Crippen molar-refractivity contribution in [2.45, 2.75) is 25.0 Å². The molecule has 0 radical (unpaired) electrons. The van der Waals surface area contributed by atoms with Gasteiger partial charge in [-0.1, -0.05) is 29.8 Å². The molecule has 0 aliphatic heterocycles. The van der Waals surface area contributed by atoms with Gasteiger partial charge in [-0.25, -0.2) is 8.42 Å². The monoisotopic (exact) mass is 311 g/mol. The summed E-state index contributed by atoms with van der Waals surface area (Å²) in [5, 5.41) is 10.6. The Balaban J connectivity index is 2.18. The molecule has 0 aliphatic carbocycles. The van der Waals surface area contributed by atoms with E-state index in [4.69, 9.17) is 5.11 Å². The molecule has 0 fully saturated rings. The van der Waals surface area contributed by atoms with Crippen molar-refractivity contribution in [1.29, 1.82) is 0 Å². The second-order valence-corrected chi connectivity index (χ2v) is 7.69. The number of benzene rings is 1. The summed E-state index contributed by atoms with van der Waals surface area (Å²) in [5.41, 5.74) is 2.09. The Labute approximate surface area is 123 Å². The van der Waals surface area contributed by atoms with Crippen LogP contribution in [0.3, 0.4) is 0 Å². The Hall–Kier alpha value is -1.21. The first kappa shape index (κ1) is 15.2. The van der Waals surface area contributed by atoms with E-state index in [1.807, 2.05) is 31.2 Å². The third-order valence-corrected chi connectivity index (χ3v) is 5.87. The smallest absolute Gasteiger partial charge is 0.243 e. The zero-order chi connectivity index (χ0) is 14.8. The first-order valence-corrected chi connectivity index (χ1v) is 8.45. The van der Waals surface area contributed by atoms with E-state index >= 15 is 0 Å². The van der Waals surface area contributed by atoms with Crippen LogP contribution >= 0.6 is 11.3 Å². The fourth-order valence-electron chi connectivity index (χ4n) is 1.79. The van der Waals surface area contributed by atoms with Gasteiger partial charge in [0.05, 0.1) is 11.5 Å². The second-order valence-electron chi connectivity index (χ2n) is 4.65. The van der Waals surface area contributed by atoms with Gasteiger partial charge in [0.2, 0.25) is 10.0 Å². The molecule has 2 aromatic rings. The largest absolute Gasteiger partial charge is 0.391 e. The number of aryl methyl sites for hydroxylation is 1. The fraction of sp³-hybridized carbons (Fsp3) is 0.286. The molecule has 0 unspecified atom stereocenters. The van der Waals surface area contributed by atoms with E-state index in [0.717, 1.165) is 11.1 Å². The molecule has 1 aromatic heterocycles. The van der Waals surface area contributed by atoms with Crippen LogP contribution in [0.25, 0.3) is 0 Å². The Morgan fingerprint density at radius 1 is 1.25 bits per heavy atom. The normalized spacial score (nSPS) is 12.0. The highest BCUT2D eigenvalue weighted by Crippen LogP contribution is 2.23. The van der Waals surface area contributed by atoms with Gasteiger partial charge in [0.1, 0.15) is 0 Å². The van der Waals surface area contributed by atoms with Gasteiger partial charge in [0.15, 0.2) is 0 Å². The van der Waals surface area contributed by atoms with Gasteiger partial charge in [0, 0.05) is 23.8 Å². The van der Waals surface area contributed by atoms with Crippen LogP contribution in [0.2, 0.25) is 0 Å². The molecular weight excluding hydrogens is 294 g/mol. The topological polar surface area (TPSA) is 57.6 Å². The van der Waals surface area contributed by atoms with Gasteiger partial charge in [-0.2, -0.15) is 4.31 Å². The first-order valence-electron chi connectivity index (χ1n) is 6.13. The number of hydrogen-bond donors (Lipinski definition) is 1. The predicted octanol–water partition coefficient (Wildman–Crippen LogP) is 2.37. The summed E-state index contributed by atoms with van der Waals surface area (Å²) >= 11 is 1.25. The average molecular weight is 311 g/mol. The molecule has 0 spiro atoms. The summed E-state index contributed by atoms with van der Waals surface area (Å²) in [7, 11) is -1.94. The first-order chi connectivity index (χ1) is 9.43. The van der Waals surface area contributed by atoms with Crippen molar-refractivity contribution in [2.24, 2.45) is 0 Å². The number of nitrogens with zero attached hydrogens (tertiary/aromatic N) is 1. The molecule has 2 rings (SSSR count). The minimum Gasteiger partial charge on any atom is -0.391 e. The Morgan fingerprint density at radius 3 is 2.45 bits per heavy atom. The minimum atomic E-state index is -3.50. The van der Waals surface area contributed by atoms with Crippen molar-refractivity contribution in [1.82, 2.24) is 4.31 Å². The van der Waals surface area contributed by atoms with Gasteiger partial charge in [-0.05, 0) is 18.6 Å². The lowest BCUT2D eigenvalue weighted by Gasteiger charge is -2.16. The molecule has 1 heterocycles. The lowest BCUT2D eigenvalue weighted by molar-refractivity contribution is 0.285. The molecule has 0 amide bonds. The summed E-state index contributed by atoms with van der Waals surface area (Å²) in [6.45, 7) is 2.18. The van der Waals surface area contributed by atoms with Crippen LogP contribution in [-0.2, 0) is 23.2 Å². The Morgan fingerprint density at radius 2 is 1.90 bits per heavy atom. The molecule has 0 aliphatic rings. The van der Waals surface area contributed by atoms with Crippen molar-refractivity contribution in [3.8, 4) is 0 Å². The molecule has 108 valence electrons. The van der Waals surface area contributed by atoms with Crippen LogP contribution in [-0.4, -0.2) is 24.9 Å². The van der Waals surface area contributed by atoms with Crippen molar-refractivity contribution in [3.63, 3.8) is 0 Å². The number of sulfonamides is 1. The van der Waals surface area contributed by atoms with E-state index in [2.05, 4.69) is 0 Å². The summed E-state index contributed by atoms with van der Waals surface area (Å²) in [5.74, 6) is 0. The van der Waals surface area contributed by atoms with Crippen LogP contribution in [0.1, 0.15) is 16.0 Å². The fourth-order valence-corrected chi connectivity index (χ4v) is 4.07. The maximum atomic E-state index is 12.4. The van der Waals surface area contributed by atoms with Crippen molar-refractivity contribution >= 4 is 21.4 Å². The Bertz CT molecular complexity index is 675. The maximum Gasteiger partial charge on any atom is 0.243 e. The predicted molar refractivity (Wildman–Crippen MR) is 80.1 cm³/mol. The lowest BCUT2D eigenvalue weighted by atomic mass is 10.1. The molecule has 0 atom stereocenters. The molecule has 0 bridgehead atoms. The molecule has 1 aromatic carbocycles. The summed E-state index contributed by atoms with van der Waals surface area (Å²) in [4.78, 5) is 0.883. The maximum absolute atomic E-state index is 12.4. The Kier molecular flexibility index (Phi) is 4.59. The van der Waals surface area contributed by atoms with Crippen LogP contribution < -0.4 is 0 Å². The van der Waals surface area contributed by atoms with E-state index in [9.17, 15) is 8.42 Å². The van der Waals surface area contributed by atoms with E-state index in [0.29, 0.717) is 11.4 Å². The van der Waals surface area contributed by atoms with Gasteiger partial charge >= 0.3 is 0 Å². The average Bonchev–Trinajstić information content (AvgIpc) is 2.90. The molecule has 6 heteroatoms. The third kappa shape index (κ3) is 3.27. The summed E-state index contributed by atoms with van der Waals surface area (Å²) in [6, 6.07) is 9.29. The zero-order valence-electron chi connectivity index (χ0n) is 11.4. The van der Waals surface area contributed by atoms with Crippen molar-refractivity contribution in [3.05, 3.63) is 51.7 Å². The van der Waals surface area contributed by atoms with E-state index in [1.165, 1.54) is 21.7 Å². The summed E-state index contributed by atoms with van der Waals surface area (Å²) in [6.07, 6.45) is 0. The van der Waals surface area contributed by atoms with Gasteiger partial charge in [0.25, 0.3) is 0 Å². The lowest BCUT2D eigenvalue weighted by Crippen LogP contribution is -2.26. The molecule has 0 saturated heterocycles. The minimum absolute atomic E-state index is 0.137. The van der Waals surface area contributed by atoms with Crippen molar-refractivity contribution in [2.75, 3.05) is 7.05 Å². The molecule has 20 heavy (non-hydrogen) atoms. The number of thiophene rings is 1. The number of rotatable bonds is 5. The van der Waals surface area contributed by atoms with Gasteiger partial charge < -0.3 is 5.11 Å². The second kappa shape index (κ2) is 6.05. The molecule has 4 nitrogen and oxygen atoms in total. The van der Waals surface area contributed by atoms with Gasteiger partial charge in [-0.3, -0.25) is 0 Å². The molecule has 1 N–H and O–H groups in total. The number of aliphatic hydroxyl groups excluding tert-OH is 1. The highest BCUT2D eigenvalue weighted by Gasteiger charge is 2.22.